The van der Waals surface area contributed by atoms with E-state index in [4.69, 9.17) is 18.0 Å². The molecular formula is C14H22N2O2S. The molecule has 2 N–H and O–H groups in total. The molecule has 0 unspecified atom stereocenters. The molecule has 2 rings (SSSR count). The summed E-state index contributed by atoms with van der Waals surface area (Å²) in [7, 11) is 0. The van der Waals surface area contributed by atoms with E-state index in [1.807, 2.05) is 0 Å². The number of carbonyl (C=O) groups excluding carboxylic acids is 2. The monoisotopic (exact) mass is 282 g/mol. The molecule has 2 amide bonds. The fourth-order valence-corrected chi connectivity index (χ4v) is 3.67. The standard InChI is InChI=1S/C14H22N2O2S/c1-2-10-6-8-14(9-7-10,13(15)19)16-11(17)4-3-5-12(16)18/h10H,2-9H2,1H3,(H2,15,19). The molecule has 4 nitrogen and oxygen atoms in total. The summed E-state index contributed by atoms with van der Waals surface area (Å²) < 4.78 is 0. The molecule has 1 heterocycles. The second-order valence-corrected chi connectivity index (χ2v) is 6.16. The maximum Gasteiger partial charge on any atom is 0.230 e. The Balaban J connectivity index is 2.27. The summed E-state index contributed by atoms with van der Waals surface area (Å²) in [6.07, 6.45) is 6.11. The number of rotatable bonds is 3. The zero-order valence-electron chi connectivity index (χ0n) is 11.5. The molecule has 2 aliphatic rings. The highest BCUT2D eigenvalue weighted by Crippen LogP contribution is 2.40. The van der Waals surface area contributed by atoms with E-state index in [9.17, 15) is 9.59 Å². The molecule has 0 aromatic carbocycles. The summed E-state index contributed by atoms with van der Waals surface area (Å²) in [5.74, 6) is 0.468. The maximum atomic E-state index is 12.2. The van der Waals surface area contributed by atoms with Crippen LogP contribution >= 0.6 is 12.2 Å². The number of thiocarbonyl (C=S) groups is 1. The van der Waals surface area contributed by atoms with Gasteiger partial charge in [0.1, 0.15) is 5.54 Å². The van der Waals surface area contributed by atoms with Crippen LogP contribution in [0.5, 0.6) is 0 Å². The van der Waals surface area contributed by atoms with E-state index in [-0.39, 0.29) is 11.8 Å². The van der Waals surface area contributed by atoms with Gasteiger partial charge in [0, 0.05) is 12.8 Å². The second kappa shape index (κ2) is 5.57. The van der Waals surface area contributed by atoms with Crippen molar-refractivity contribution in [2.24, 2.45) is 11.7 Å². The molecule has 5 heteroatoms. The summed E-state index contributed by atoms with van der Waals surface area (Å²) in [6.45, 7) is 2.18. The summed E-state index contributed by atoms with van der Waals surface area (Å²) in [5, 5.41) is 0. The lowest BCUT2D eigenvalue weighted by atomic mass is 9.73. The molecule has 19 heavy (non-hydrogen) atoms. The lowest BCUT2D eigenvalue weighted by Crippen LogP contribution is -2.63. The molecule has 0 atom stereocenters. The number of hydrogen-bond donors (Lipinski definition) is 1. The van der Waals surface area contributed by atoms with E-state index in [1.54, 1.807) is 0 Å². The van der Waals surface area contributed by atoms with E-state index in [2.05, 4.69) is 6.92 Å². The Morgan fingerprint density at radius 1 is 1.32 bits per heavy atom. The van der Waals surface area contributed by atoms with Gasteiger partial charge in [-0.25, -0.2) is 0 Å². The third-order valence-corrected chi connectivity index (χ3v) is 5.06. The van der Waals surface area contributed by atoms with Crippen molar-refractivity contribution in [3.05, 3.63) is 0 Å². The minimum absolute atomic E-state index is 0.0981. The average Bonchev–Trinajstić information content (AvgIpc) is 2.39. The fourth-order valence-electron chi connectivity index (χ4n) is 3.37. The van der Waals surface area contributed by atoms with E-state index < -0.39 is 5.54 Å². The van der Waals surface area contributed by atoms with E-state index >= 15 is 0 Å². The summed E-state index contributed by atoms with van der Waals surface area (Å²) in [4.78, 5) is 26.0. The minimum Gasteiger partial charge on any atom is -0.391 e. The Bertz CT molecular complexity index is 384. The van der Waals surface area contributed by atoms with Crippen LogP contribution < -0.4 is 5.73 Å². The van der Waals surface area contributed by atoms with Crippen molar-refractivity contribution in [1.29, 1.82) is 0 Å². The van der Waals surface area contributed by atoms with Crippen LogP contribution in [0.3, 0.4) is 0 Å². The first kappa shape index (κ1) is 14.4. The topological polar surface area (TPSA) is 63.4 Å². The van der Waals surface area contributed by atoms with E-state index in [1.165, 1.54) is 4.90 Å². The highest BCUT2D eigenvalue weighted by atomic mass is 32.1. The number of hydrogen-bond acceptors (Lipinski definition) is 3. The quantitative estimate of drug-likeness (QED) is 0.636. The van der Waals surface area contributed by atoms with Crippen molar-refractivity contribution in [1.82, 2.24) is 4.90 Å². The van der Waals surface area contributed by atoms with Gasteiger partial charge in [-0.3, -0.25) is 14.5 Å². The first-order chi connectivity index (χ1) is 9.01. The van der Waals surface area contributed by atoms with Crippen molar-refractivity contribution in [3.63, 3.8) is 0 Å². The molecule has 1 aliphatic carbocycles. The molecule has 0 aromatic rings. The molecule has 106 valence electrons. The number of imide groups is 1. The van der Waals surface area contributed by atoms with Crippen molar-refractivity contribution >= 4 is 29.0 Å². The highest BCUT2D eigenvalue weighted by molar-refractivity contribution is 7.80. The van der Waals surface area contributed by atoms with Crippen LogP contribution in [0.15, 0.2) is 0 Å². The number of amides is 2. The Labute approximate surface area is 119 Å². The smallest absolute Gasteiger partial charge is 0.230 e. The Kier molecular flexibility index (Phi) is 4.23. The van der Waals surface area contributed by atoms with Gasteiger partial charge in [0.2, 0.25) is 11.8 Å². The number of piperidine rings is 1. The van der Waals surface area contributed by atoms with Crippen molar-refractivity contribution in [2.75, 3.05) is 0 Å². The van der Waals surface area contributed by atoms with Crippen molar-refractivity contribution in [2.45, 2.75) is 63.8 Å². The van der Waals surface area contributed by atoms with Crippen molar-refractivity contribution in [3.8, 4) is 0 Å². The molecule has 1 saturated heterocycles. The first-order valence-corrected chi connectivity index (χ1v) is 7.58. The van der Waals surface area contributed by atoms with Gasteiger partial charge in [-0.15, -0.1) is 0 Å². The van der Waals surface area contributed by atoms with Crippen LogP contribution in [0.2, 0.25) is 0 Å². The molecule has 0 aromatic heterocycles. The van der Waals surface area contributed by atoms with Gasteiger partial charge in [-0.05, 0) is 38.0 Å². The Morgan fingerprint density at radius 3 is 2.26 bits per heavy atom. The molecule has 2 fully saturated rings. The molecule has 1 saturated carbocycles. The van der Waals surface area contributed by atoms with Gasteiger partial charge < -0.3 is 5.73 Å². The van der Waals surface area contributed by atoms with Gasteiger partial charge in [0.05, 0.1) is 4.99 Å². The van der Waals surface area contributed by atoms with Crippen LogP contribution in [0.25, 0.3) is 0 Å². The van der Waals surface area contributed by atoms with Gasteiger partial charge in [-0.1, -0.05) is 25.6 Å². The van der Waals surface area contributed by atoms with Gasteiger partial charge >= 0.3 is 0 Å². The van der Waals surface area contributed by atoms with Gasteiger partial charge in [0.25, 0.3) is 0 Å². The largest absolute Gasteiger partial charge is 0.391 e. The fraction of sp³-hybridized carbons (Fsp3) is 0.786. The highest BCUT2D eigenvalue weighted by Gasteiger charge is 2.48. The lowest BCUT2D eigenvalue weighted by molar-refractivity contribution is -0.154. The number of carbonyl (C=O) groups is 2. The molecule has 0 radical (unpaired) electrons. The first-order valence-electron chi connectivity index (χ1n) is 7.17. The zero-order valence-corrected chi connectivity index (χ0v) is 12.3. The number of nitrogens with two attached hydrogens (primary N) is 1. The second-order valence-electron chi connectivity index (χ2n) is 5.72. The van der Waals surface area contributed by atoms with Crippen LogP contribution in [0, 0.1) is 5.92 Å². The average molecular weight is 282 g/mol. The van der Waals surface area contributed by atoms with Gasteiger partial charge in [0.15, 0.2) is 0 Å². The maximum absolute atomic E-state index is 12.2. The Morgan fingerprint density at radius 2 is 1.84 bits per heavy atom. The zero-order chi connectivity index (χ0) is 14.0. The number of nitrogens with zero attached hydrogens (tertiary/aromatic N) is 1. The van der Waals surface area contributed by atoms with Crippen LogP contribution in [-0.2, 0) is 9.59 Å². The third-order valence-electron chi connectivity index (χ3n) is 4.68. The minimum atomic E-state index is -0.685. The normalized spacial score (nSPS) is 32.5. The SMILES string of the molecule is CCC1CCC(C(N)=S)(N2C(=O)CCCC2=O)CC1. The lowest BCUT2D eigenvalue weighted by Gasteiger charge is -2.47. The molecule has 0 spiro atoms. The molecular weight excluding hydrogens is 260 g/mol. The van der Waals surface area contributed by atoms with Gasteiger partial charge in [-0.2, -0.15) is 0 Å². The van der Waals surface area contributed by atoms with E-state index in [0.29, 0.717) is 30.2 Å². The van der Waals surface area contributed by atoms with Crippen LogP contribution in [0.4, 0.5) is 0 Å². The molecule has 0 bridgehead atoms. The summed E-state index contributed by atoms with van der Waals surface area (Å²) in [5.41, 5.74) is 5.24. The van der Waals surface area contributed by atoms with E-state index in [0.717, 1.165) is 32.1 Å². The van der Waals surface area contributed by atoms with Crippen LogP contribution in [0.1, 0.15) is 58.3 Å². The molecule has 1 aliphatic heterocycles. The van der Waals surface area contributed by atoms with Crippen molar-refractivity contribution < 1.29 is 9.59 Å². The summed E-state index contributed by atoms with van der Waals surface area (Å²) in [6, 6.07) is 0. The number of likely N-dealkylation sites (tertiary alicyclic amines) is 1. The Hall–Kier alpha value is -0.970. The van der Waals surface area contributed by atoms with Crippen LogP contribution in [-0.4, -0.2) is 27.2 Å². The summed E-state index contributed by atoms with van der Waals surface area (Å²) >= 11 is 5.22. The predicted molar refractivity (Wildman–Crippen MR) is 77.5 cm³/mol. The third kappa shape index (κ3) is 2.53. The predicted octanol–water partition coefficient (Wildman–Crippen LogP) is 2.15.